The number of hydrogen-bond acceptors (Lipinski definition) is 2. The van der Waals surface area contributed by atoms with Gasteiger partial charge in [-0.2, -0.15) is 0 Å². The Morgan fingerprint density at radius 3 is 2.57 bits per heavy atom. The second-order valence-corrected chi connectivity index (χ2v) is 5.03. The molecule has 0 spiro atoms. The Kier molecular flexibility index (Phi) is 3.69. The first kappa shape index (κ1) is 13.4. The summed E-state index contributed by atoms with van der Waals surface area (Å²) < 4.78 is 0. The van der Waals surface area contributed by atoms with Crippen LogP contribution in [0.5, 0.6) is 0 Å². The highest BCUT2D eigenvalue weighted by Gasteiger charge is 2.25. The molecule has 2 aromatic carbocycles. The Morgan fingerprint density at radius 1 is 1.05 bits per heavy atom. The number of fused-ring (bicyclic) bond motifs is 1. The van der Waals surface area contributed by atoms with E-state index >= 15 is 0 Å². The lowest BCUT2D eigenvalue weighted by molar-refractivity contribution is -0.121. The van der Waals surface area contributed by atoms with E-state index in [0.717, 1.165) is 11.3 Å². The molecule has 0 radical (unpaired) electrons. The number of aryl methyl sites for hydroxylation is 1. The molecule has 0 fully saturated rings. The summed E-state index contributed by atoms with van der Waals surface area (Å²) in [5, 5.41) is 2.79. The summed E-state index contributed by atoms with van der Waals surface area (Å²) >= 11 is 0. The first-order chi connectivity index (χ1) is 10.2. The molecule has 0 unspecified atom stereocenters. The fourth-order valence-corrected chi connectivity index (χ4v) is 2.49. The summed E-state index contributed by atoms with van der Waals surface area (Å²) in [5.41, 5.74) is 2.59. The zero-order valence-electron chi connectivity index (χ0n) is 11.6. The van der Waals surface area contributed by atoms with Gasteiger partial charge in [0.2, 0.25) is 11.8 Å². The third-order valence-electron chi connectivity index (χ3n) is 3.54. The van der Waals surface area contributed by atoms with Crippen molar-refractivity contribution >= 4 is 23.2 Å². The van der Waals surface area contributed by atoms with Crippen LogP contribution in [0, 0.1) is 0 Å². The number of para-hydroxylation sites is 2. The monoisotopic (exact) mass is 280 g/mol. The number of nitrogens with zero attached hydrogens (tertiary/aromatic N) is 1. The minimum atomic E-state index is -0.151. The zero-order chi connectivity index (χ0) is 14.7. The maximum atomic E-state index is 12.4. The van der Waals surface area contributed by atoms with Gasteiger partial charge in [-0.15, -0.1) is 0 Å². The molecule has 1 aliphatic heterocycles. The van der Waals surface area contributed by atoms with Gasteiger partial charge in [0, 0.05) is 6.42 Å². The number of rotatable bonds is 3. The van der Waals surface area contributed by atoms with Crippen LogP contribution in [0.2, 0.25) is 0 Å². The molecule has 0 aromatic heterocycles. The van der Waals surface area contributed by atoms with Crippen molar-refractivity contribution in [3.63, 3.8) is 0 Å². The molecule has 3 rings (SSSR count). The van der Waals surface area contributed by atoms with E-state index in [1.54, 1.807) is 4.90 Å². The van der Waals surface area contributed by atoms with E-state index in [1.807, 2.05) is 54.6 Å². The Labute approximate surface area is 123 Å². The molecule has 1 aliphatic rings. The average molecular weight is 280 g/mol. The molecule has 0 atom stereocenters. The summed E-state index contributed by atoms with van der Waals surface area (Å²) in [6.45, 7) is 0.0879. The molecule has 1 heterocycles. The van der Waals surface area contributed by atoms with Crippen molar-refractivity contribution in [2.75, 3.05) is 16.8 Å². The van der Waals surface area contributed by atoms with E-state index in [0.29, 0.717) is 18.5 Å². The standard InChI is InChI=1S/C17H16N2O2/c20-16-12-19(15-9-5-4-8-14(15)18-16)17(21)11-10-13-6-2-1-3-7-13/h1-9H,10-12H2,(H,18,20). The zero-order valence-corrected chi connectivity index (χ0v) is 11.6. The quantitative estimate of drug-likeness (QED) is 0.939. The van der Waals surface area contributed by atoms with Crippen LogP contribution in [-0.2, 0) is 16.0 Å². The van der Waals surface area contributed by atoms with E-state index in [4.69, 9.17) is 0 Å². The summed E-state index contributed by atoms with van der Waals surface area (Å²) in [7, 11) is 0. The first-order valence-corrected chi connectivity index (χ1v) is 6.97. The van der Waals surface area contributed by atoms with Crippen molar-refractivity contribution < 1.29 is 9.59 Å². The van der Waals surface area contributed by atoms with Crippen LogP contribution in [0.3, 0.4) is 0 Å². The van der Waals surface area contributed by atoms with E-state index in [1.165, 1.54) is 0 Å². The second-order valence-electron chi connectivity index (χ2n) is 5.03. The first-order valence-electron chi connectivity index (χ1n) is 6.97. The SMILES string of the molecule is O=C1CN(C(=O)CCc2ccccc2)c2ccccc2N1. The maximum Gasteiger partial charge on any atom is 0.244 e. The van der Waals surface area contributed by atoms with E-state index in [2.05, 4.69) is 5.32 Å². The van der Waals surface area contributed by atoms with Gasteiger partial charge in [0.25, 0.3) is 0 Å². The van der Waals surface area contributed by atoms with Crippen molar-refractivity contribution in [2.24, 2.45) is 0 Å². The summed E-state index contributed by atoms with van der Waals surface area (Å²) in [4.78, 5) is 25.7. The Balaban J connectivity index is 1.74. The lowest BCUT2D eigenvalue weighted by atomic mass is 10.1. The van der Waals surface area contributed by atoms with Crippen molar-refractivity contribution in [1.29, 1.82) is 0 Å². The average Bonchev–Trinajstić information content (AvgIpc) is 2.52. The molecule has 4 heteroatoms. The number of anilines is 2. The minimum absolute atomic E-state index is 0.0267. The molecular weight excluding hydrogens is 264 g/mol. The van der Waals surface area contributed by atoms with Crippen LogP contribution in [-0.4, -0.2) is 18.4 Å². The molecule has 21 heavy (non-hydrogen) atoms. The van der Waals surface area contributed by atoms with Crippen LogP contribution in [0.4, 0.5) is 11.4 Å². The van der Waals surface area contributed by atoms with Crippen molar-refractivity contribution in [3.8, 4) is 0 Å². The van der Waals surface area contributed by atoms with Gasteiger partial charge < -0.3 is 10.2 Å². The Morgan fingerprint density at radius 2 is 1.76 bits per heavy atom. The fraction of sp³-hybridized carbons (Fsp3) is 0.176. The predicted octanol–water partition coefficient (Wildman–Crippen LogP) is 2.60. The fourth-order valence-electron chi connectivity index (χ4n) is 2.49. The molecule has 0 saturated heterocycles. The number of carbonyl (C=O) groups is 2. The number of benzene rings is 2. The van der Waals surface area contributed by atoms with Gasteiger partial charge in [0.05, 0.1) is 11.4 Å². The third-order valence-corrected chi connectivity index (χ3v) is 3.54. The highest BCUT2D eigenvalue weighted by molar-refractivity contribution is 6.09. The van der Waals surface area contributed by atoms with Gasteiger partial charge in [-0.05, 0) is 24.1 Å². The molecule has 2 aromatic rings. The van der Waals surface area contributed by atoms with Crippen molar-refractivity contribution in [3.05, 3.63) is 60.2 Å². The molecular formula is C17H16N2O2. The van der Waals surface area contributed by atoms with Gasteiger partial charge in [-0.25, -0.2) is 0 Å². The summed E-state index contributed by atoms with van der Waals surface area (Å²) in [5.74, 6) is -0.178. The number of hydrogen-bond donors (Lipinski definition) is 1. The van der Waals surface area contributed by atoms with Crippen LogP contribution in [0.25, 0.3) is 0 Å². The third kappa shape index (κ3) is 2.94. The second kappa shape index (κ2) is 5.79. The summed E-state index contributed by atoms with van der Waals surface area (Å²) in [6, 6.07) is 17.3. The molecule has 0 bridgehead atoms. The molecule has 2 amide bonds. The normalized spacial score (nSPS) is 13.5. The topological polar surface area (TPSA) is 49.4 Å². The van der Waals surface area contributed by atoms with Gasteiger partial charge in [-0.3, -0.25) is 9.59 Å². The van der Waals surface area contributed by atoms with Gasteiger partial charge in [0.1, 0.15) is 6.54 Å². The number of nitrogens with one attached hydrogen (secondary N) is 1. The highest BCUT2D eigenvalue weighted by atomic mass is 16.2. The van der Waals surface area contributed by atoms with Crippen LogP contribution in [0.15, 0.2) is 54.6 Å². The van der Waals surface area contributed by atoms with Gasteiger partial charge in [0.15, 0.2) is 0 Å². The number of carbonyl (C=O) groups excluding carboxylic acids is 2. The Hall–Kier alpha value is -2.62. The predicted molar refractivity (Wildman–Crippen MR) is 82.2 cm³/mol. The van der Waals surface area contributed by atoms with Crippen molar-refractivity contribution in [2.45, 2.75) is 12.8 Å². The molecule has 0 aliphatic carbocycles. The molecule has 106 valence electrons. The molecule has 0 saturated carbocycles. The Bertz CT molecular complexity index is 668. The number of amides is 2. The summed E-state index contributed by atoms with van der Waals surface area (Å²) in [6.07, 6.45) is 1.07. The van der Waals surface area contributed by atoms with Gasteiger partial charge >= 0.3 is 0 Å². The smallest absolute Gasteiger partial charge is 0.244 e. The minimum Gasteiger partial charge on any atom is -0.323 e. The molecule has 1 N–H and O–H groups in total. The lowest BCUT2D eigenvalue weighted by Gasteiger charge is -2.29. The maximum absolute atomic E-state index is 12.4. The van der Waals surface area contributed by atoms with E-state index < -0.39 is 0 Å². The van der Waals surface area contributed by atoms with Gasteiger partial charge in [-0.1, -0.05) is 42.5 Å². The van der Waals surface area contributed by atoms with Crippen LogP contribution in [0.1, 0.15) is 12.0 Å². The van der Waals surface area contributed by atoms with Crippen molar-refractivity contribution in [1.82, 2.24) is 0 Å². The largest absolute Gasteiger partial charge is 0.323 e. The van der Waals surface area contributed by atoms with E-state index in [-0.39, 0.29) is 18.4 Å². The van der Waals surface area contributed by atoms with Crippen LogP contribution >= 0.6 is 0 Å². The van der Waals surface area contributed by atoms with Crippen LogP contribution < -0.4 is 10.2 Å². The van der Waals surface area contributed by atoms with E-state index in [9.17, 15) is 9.59 Å². The lowest BCUT2D eigenvalue weighted by Crippen LogP contribution is -2.42. The highest BCUT2D eigenvalue weighted by Crippen LogP contribution is 2.29. The molecule has 4 nitrogen and oxygen atoms in total.